The molecule has 0 fully saturated rings. The molecule has 1 aromatic carbocycles. The molecule has 0 unspecified atom stereocenters. The number of rotatable bonds is 1. The number of hydrogen-bond acceptors (Lipinski definition) is 3. The highest BCUT2D eigenvalue weighted by Gasteiger charge is 2.20. The number of carbonyl (C=O) groups is 1. The molecule has 0 saturated carbocycles. The molecule has 2 rings (SSSR count). The van der Waals surface area contributed by atoms with Crippen molar-refractivity contribution in [2.75, 3.05) is 24.2 Å². The molecule has 0 atom stereocenters. The summed E-state index contributed by atoms with van der Waals surface area (Å²) < 4.78 is 0. The van der Waals surface area contributed by atoms with Crippen molar-refractivity contribution in [1.29, 1.82) is 0 Å². The van der Waals surface area contributed by atoms with E-state index in [2.05, 4.69) is 0 Å². The van der Waals surface area contributed by atoms with Crippen LogP contribution in [0.5, 0.6) is 0 Å². The molecule has 1 aliphatic heterocycles. The van der Waals surface area contributed by atoms with Crippen molar-refractivity contribution in [3.8, 4) is 0 Å². The van der Waals surface area contributed by atoms with Crippen molar-refractivity contribution in [1.82, 2.24) is 0 Å². The largest absolute Gasteiger partial charge is 0.478 e. The number of carboxylic acids is 1. The van der Waals surface area contributed by atoms with Gasteiger partial charge in [-0.1, -0.05) is 0 Å². The molecule has 3 N–H and O–H groups in total. The van der Waals surface area contributed by atoms with Crippen LogP contribution in [0.1, 0.15) is 15.9 Å². The summed E-state index contributed by atoms with van der Waals surface area (Å²) in [5, 5.41) is 8.85. The van der Waals surface area contributed by atoms with Gasteiger partial charge in [0.1, 0.15) is 0 Å². The predicted molar refractivity (Wildman–Crippen MR) is 54.8 cm³/mol. The number of nitrogens with two attached hydrogens (primary N) is 1. The molecule has 74 valence electrons. The van der Waals surface area contributed by atoms with Gasteiger partial charge in [-0.2, -0.15) is 0 Å². The molecular weight excluding hydrogens is 180 g/mol. The number of anilines is 2. The zero-order valence-electron chi connectivity index (χ0n) is 7.95. The number of aromatic carboxylic acids is 1. The molecule has 0 radical (unpaired) electrons. The van der Waals surface area contributed by atoms with Crippen molar-refractivity contribution in [3.05, 3.63) is 23.3 Å². The number of likely N-dealkylation sites (N-methyl/N-ethyl adjacent to an activating group) is 1. The highest BCUT2D eigenvalue weighted by molar-refractivity contribution is 5.91. The minimum Gasteiger partial charge on any atom is -0.478 e. The number of nitrogen functional groups attached to an aromatic ring is 1. The van der Waals surface area contributed by atoms with Crippen LogP contribution in [0.3, 0.4) is 0 Å². The van der Waals surface area contributed by atoms with E-state index < -0.39 is 5.97 Å². The molecule has 0 saturated heterocycles. The maximum atomic E-state index is 10.8. The Balaban J connectivity index is 2.58. The van der Waals surface area contributed by atoms with E-state index in [1.807, 2.05) is 11.9 Å². The maximum Gasteiger partial charge on any atom is 0.335 e. The van der Waals surface area contributed by atoms with E-state index in [-0.39, 0.29) is 5.56 Å². The van der Waals surface area contributed by atoms with Gasteiger partial charge in [0.05, 0.1) is 5.56 Å². The minimum absolute atomic E-state index is 0.259. The Morgan fingerprint density at radius 1 is 1.57 bits per heavy atom. The quantitative estimate of drug-likeness (QED) is 0.650. The predicted octanol–water partition coefficient (Wildman–Crippen LogP) is 0.959. The number of nitrogens with zero attached hydrogens (tertiary/aromatic N) is 1. The SMILES string of the molecule is CN1CCc2c(N)cc(C(=O)O)cc21. The summed E-state index contributed by atoms with van der Waals surface area (Å²) in [6.07, 6.45) is 0.900. The number of fused-ring (bicyclic) bond motifs is 1. The van der Waals surface area contributed by atoms with E-state index in [1.54, 1.807) is 6.07 Å². The third kappa shape index (κ3) is 1.19. The molecule has 4 heteroatoms. The zero-order chi connectivity index (χ0) is 10.3. The molecule has 1 aliphatic rings. The summed E-state index contributed by atoms with van der Waals surface area (Å²) in [7, 11) is 1.94. The lowest BCUT2D eigenvalue weighted by Gasteiger charge is -2.13. The topological polar surface area (TPSA) is 66.6 Å². The van der Waals surface area contributed by atoms with Gasteiger partial charge in [-0.25, -0.2) is 4.79 Å². The monoisotopic (exact) mass is 192 g/mol. The minimum atomic E-state index is -0.931. The molecule has 1 heterocycles. The van der Waals surface area contributed by atoms with Crippen molar-refractivity contribution < 1.29 is 9.90 Å². The van der Waals surface area contributed by atoms with Crippen molar-refractivity contribution in [2.24, 2.45) is 0 Å². The molecule has 0 bridgehead atoms. The molecule has 0 spiro atoms. The second-order valence-electron chi connectivity index (χ2n) is 3.54. The summed E-state index contributed by atoms with van der Waals surface area (Å²) in [5.74, 6) is -0.931. The van der Waals surface area contributed by atoms with Gasteiger partial charge in [0, 0.05) is 30.5 Å². The van der Waals surface area contributed by atoms with Gasteiger partial charge in [-0.05, 0) is 18.6 Å². The Kier molecular flexibility index (Phi) is 1.84. The Morgan fingerprint density at radius 3 is 2.93 bits per heavy atom. The fourth-order valence-electron chi connectivity index (χ4n) is 1.82. The summed E-state index contributed by atoms with van der Waals surface area (Å²) in [6.45, 7) is 0.905. The van der Waals surface area contributed by atoms with Crippen LogP contribution in [-0.2, 0) is 6.42 Å². The summed E-state index contributed by atoms with van der Waals surface area (Å²) in [6, 6.07) is 3.21. The maximum absolute atomic E-state index is 10.8. The van der Waals surface area contributed by atoms with E-state index >= 15 is 0 Å². The van der Waals surface area contributed by atoms with Crippen molar-refractivity contribution in [2.45, 2.75) is 6.42 Å². The van der Waals surface area contributed by atoms with Crippen LogP contribution in [0, 0.1) is 0 Å². The lowest BCUT2D eigenvalue weighted by Crippen LogP contribution is -2.13. The fraction of sp³-hybridized carbons (Fsp3) is 0.300. The second kappa shape index (κ2) is 2.90. The van der Waals surface area contributed by atoms with Crippen molar-refractivity contribution >= 4 is 17.3 Å². The molecule has 4 nitrogen and oxygen atoms in total. The summed E-state index contributed by atoms with van der Waals surface area (Å²) in [4.78, 5) is 12.8. The average Bonchev–Trinajstić information content (AvgIpc) is 2.48. The second-order valence-corrected chi connectivity index (χ2v) is 3.54. The Bertz CT molecular complexity index is 401. The first-order chi connectivity index (χ1) is 6.59. The molecule has 0 aliphatic carbocycles. The van der Waals surface area contributed by atoms with Gasteiger partial charge in [0.25, 0.3) is 0 Å². The third-order valence-electron chi connectivity index (χ3n) is 2.62. The van der Waals surface area contributed by atoms with Gasteiger partial charge in [-0.3, -0.25) is 0 Å². The smallest absolute Gasteiger partial charge is 0.335 e. The van der Waals surface area contributed by atoms with E-state index in [1.165, 1.54) is 6.07 Å². The first-order valence-electron chi connectivity index (χ1n) is 4.46. The fourth-order valence-corrected chi connectivity index (χ4v) is 1.82. The average molecular weight is 192 g/mol. The van der Waals surface area contributed by atoms with Crippen LogP contribution in [0.4, 0.5) is 11.4 Å². The Labute approximate surface area is 81.9 Å². The standard InChI is InChI=1S/C10H12N2O2/c1-12-3-2-7-8(11)4-6(10(13)14)5-9(7)12/h4-5H,2-3,11H2,1H3,(H,13,14). The third-order valence-corrected chi connectivity index (χ3v) is 2.62. The first kappa shape index (κ1) is 8.87. The summed E-state index contributed by atoms with van der Waals surface area (Å²) >= 11 is 0. The summed E-state index contributed by atoms with van der Waals surface area (Å²) in [5.41, 5.74) is 8.64. The van der Waals surface area contributed by atoms with Crippen LogP contribution in [0.2, 0.25) is 0 Å². The molecule has 0 aromatic heterocycles. The lowest BCUT2D eigenvalue weighted by atomic mass is 10.1. The van der Waals surface area contributed by atoms with Crippen molar-refractivity contribution in [3.63, 3.8) is 0 Å². The van der Waals surface area contributed by atoms with E-state index in [0.717, 1.165) is 24.2 Å². The van der Waals surface area contributed by atoms with E-state index in [4.69, 9.17) is 10.8 Å². The van der Waals surface area contributed by atoms with Gasteiger partial charge < -0.3 is 15.7 Å². The van der Waals surface area contributed by atoms with E-state index in [9.17, 15) is 4.79 Å². The van der Waals surface area contributed by atoms with Crippen LogP contribution in [-0.4, -0.2) is 24.7 Å². The molecule has 0 amide bonds. The number of carboxylic acid groups (broad SMARTS) is 1. The Hall–Kier alpha value is -1.71. The molecule has 1 aromatic rings. The lowest BCUT2D eigenvalue weighted by molar-refractivity contribution is 0.0697. The van der Waals surface area contributed by atoms with Crippen LogP contribution in [0.15, 0.2) is 12.1 Å². The van der Waals surface area contributed by atoms with Gasteiger partial charge in [0.2, 0.25) is 0 Å². The number of benzene rings is 1. The van der Waals surface area contributed by atoms with Crippen LogP contribution < -0.4 is 10.6 Å². The van der Waals surface area contributed by atoms with Gasteiger partial charge in [-0.15, -0.1) is 0 Å². The highest BCUT2D eigenvalue weighted by Crippen LogP contribution is 2.32. The van der Waals surface area contributed by atoms with Crippen LogP contribution >= 0.6 is 0 Å². The first-order valence-corrected chi connectivity index (χ1v) is 4.46. The molecule has 14 heavy (non-hydrogen) atoms. The van der Waals surface area contributed by atoms with Crippen LogP contribution in [0.25, 0.3) is 0 Å². The zero-order valence-corrected chi connectivity index (χ0v) is 7.95. The number of hydrogen-bond donors (Lipinski definition) is 2. The highest BCUT2D eigenvalue weighted by atomic mass is 16.4. The van der Waals surface area contributed by atoms with Gasteiger partial charge in [0.15, 0.2) is 0 Å². The normalized spacial score (nSPS) is 14.2. The van der Waals surface area contributed by atoms with E-state index in [0.29, 0.717) is 5.69 Å². The van der Waals surface area contributed by atoms with Gasteiger partial charge >= 0.3 is 5.97 Å². The Morgan fingerprint density at radius 2 is 2.29 bits per heavy atom. The molecular formula is C10H12N2O2.